The molecule has 0 spiro atoms. The number of carbonyl (C=O) groups is 3. The number of hydrogen-bond donors (Lipinski definition) is 0. The molecule has 2 fully saturated rings. The highest BCUT2D eigenvalue weighted by Crippen LogP contribution is 2.72. The van der Waals surface area contributed by atoms with Crippen LogP contribution in [0.2, 0.25) is 0 Å². The van der Waals surface area contributed by atoms with Crippen molar-refractivity contribution in [2.75, 3.05) is 0 Å². The molecular weight excluding hydrogens is 368 g/mol. The van der Waals surface area contributed by atoms with E-state index in [0.717, 1.165) is 44.1 Å². The Hall–Kier alpha value is -2.17. The maximum Gasteiger partial charge on any atom is 0.340 e. The lowest BCUT2D eigenvalue weighted by atomic mass is 9.62. The van der Waals surface area contributed by atoms with Crippen molar-refractivity contribution in [3.8, 4) is 0 Å². The SMILES string of the molecule is CCCC=C1OC(=O)C2=C1CCC1C2C23C=CCCC2C1(C(=O)CCC)OC3=O. The van der Waals surface area contributed by atoms with Crippen molar-refractivity contribution in [2.45, 2.75) is 70.8 Å². The molecule has 0 N–H and O–H groups in total. The number of carbonyl (C=O) groups excluding carboxylic acids is 3. The Morgan fingerprint density at radius 2 is 2.07 bits per heavy atom. The van der Waals surface area contributed by atoms with Crippen molar-refractivity contribution in [3.63, 3.8) is 0 Å². The van der Waals surface area contributed by atoms with Gasteiger partial charge >= 0.3 is 11.9 Å². The number of Topliss-reactive ketones (excluding diaryl/α,β-unsaturated/α-hetero) is 1. The van der Waals surface area contributed by atoms with Crippen LogP contribution in [-0.2, 0) is 23.9 Å². The van der Waals surface area contributed by atoms with Crippen LogP contribution >= 0.6 is 0 Å². The molecule has 1 saturated heterocycles. The second-order valence-corrected chi connectivity index (χ2v) is 9.08. The standard InChI is InChI=1S/C24H28O5/c1-3-5-9-16-14-11-12-15-20(19(14)21(26)28-16)23-13-7-6-10-17(23)24(15,29-22(23)27)18(25)8-4-2/h7,9,13,15,17,20H,3-6,8,10-12H2,1-2H3. The number of fused-ring (bicyclic) bond motifs is 3. The second kappa shape index (κ2) is 6.41. The molecule has 0 aromatic carbocycles. The van der Waals surface area contributed by atoms with Gasteiger partial charge in [-0.1, -0.05) is 32.4 Å². The van der Waals surface area contributed by atoms with Gasteiger partial charge in [-0.05, 0) is 44.6 Å². The Morgan fingerprint density at radius 3 is 2.83 bits per heavy atom. The summed E-state index contributed by atoms with van der Waals surface area (Å²) in [5.74, 6) is -0.564. The van der Waals surface area contributed by atoms with Crippen molar-refractivity contribution < 1.29 is 23.9 Å². The summed E-state index contributed by atoms with van der Waals surface area (Å²) in [5, 5.41) is 0. The van der Waals surface area contributed by atoms with Crippen LogP contribution in [0.15, 0.2) is 35.1 Å². The number of ketones is 1. The molecule has 2 aliphatic heterocycles. The fraction of sp³-hybridized carbons (Fsp3) is 0.625. The number of unbranched alkanes of at least 4 members (excludes halogenated alkanes) is 1. The molecule has 2 heterocycles. The Bertz CT molecular complexity index is 893. The molecule has 0 aromatic rings. The Kier molecular flexibility index (Phi) is 4.17. The van der Waals surface area contributed by atoms with Gasteiger partial charge < -0.3 is 9.47 Å². The highest BCUT2D eigenvalue weighted by molar-refractivity contribution is 6.03. The molecule has 154 valence electrons. The van der Waals surface area contributed by atoms with Crippen LogP contribution in [0.3, 0.4) is 0 Å². The van der Waals surface area contributed by atoms with Crippen molar-refractivity contribution in [1.29, 1.82) is 0 Å². The molecule has 0 radical (unpaired) electrons. The summed E-state index contributed by atoms with van der Waals surface area (Å²) in [7, 11) is 0. The van der Waals surface area contributed by atoms with E-state index >= 15 is 0 Å². The van der Waals surface area contributed by atoms with E-state index in [2.05, 4.69) is 6.92 Å². The van der Waals surface area contributed by atoms with E-state index in [9.17, 15) is 14.4 Å². The van der Waals surface area contributed by atoms with Gasteiger partial charge in [0.2, 0.25) is 0 Å². The van der Waals surface area contributed by atoms with Crippen molar-refractivity contribution >= 4 is 17.7 Å². The van der Waals surface area contributed by atoms with Gasteiger partial charge in [-0.3, -0.25) is 9.59 Å². The maximum absolute atomic E-state index is 13.4. The van der Waals surface area contributed by atoms with E-state index in [1.165, 1.54) is 0 Å². The zero-order valence-corrected chi connectivity index (χ0v) is 17.2. The third kappa shape index (κ3) is 2.14. The van der Waals surface area contributed by atoms with Crippen LogP contribution in [0.5, 0.6) is 0 Å². The highest BCUT2D eigenvalue weighted by Gasteiger charge is 2.81. The maximum atomic E-state index is 13.4. The van der Waals surface area contributed by atoms with Gasteiger partial charge in [0, 0.05) is 35.3 Å². The van der Waals surface area contributed by atoms with Gasteiger partial charge in [-0.2, -0.15) is 0 Å². The molecule has 29 heavy (non-hydrogen) atoms. The smallest absolute Gasteiger partial charge is 0.340 e. The first-order valence-corrected chi connectivity index (χ1v) is 11.1. The van der Waals surface area contributed by atoms with Crippen molar-refractivity contribution in [1.82, 2.24) is 0 Å². The summed E-state index contributed by atoms with van der Waals surface area (Å²) in [4.78, 5) is 39.7. The van der Waals surface area contributed by atoms with Gasteiger partial charge in [0.15, 0.2) is 11.4 Å². The van der Waals surface area contributed by atoms with Crippen LogP contribution in [0.25, 0.3) is 0 Å². The van der Waals surface area contributed by atoms with Crippen LogP contribution in [0.1, 0.15) is 65.2 Å². The van der Waals surface area contributed by atoms with Crippen LogP contribution in [0.4, 0.5) is 0 Å². The molecule has 5 rings (SSSR count). The van der Waals surface area contributed by atoms with Gasteiger partial charge in [-0.25, -0.2) is 4.79 Å². The minimum Gasteiger partial charge on any atom is -0.450 e. The second-order valence-electron chi connectivity index (χ2n) is 9.08. The van der Waals surface area contributed by atoms with Gasteiger partial charge in [0.1, 0.15) is 11.2 Å². The van der Waals surface area contributed by atoms with Crippen molar-refractivity contribution in [2.24, 2.45) is 23.2 Å². The lowest BCUT2D eigenvalue weighted by Crippen LogP contribution is -2.52. The van der Waals surface area contributed by atoms with Crippen LogP contribution in [-0.4, -0.2) is 23.3 Å². The van der Waals surface area contributed by atoms with E-state index in [1.807, 2.05) is 25.2 Å². The number of allylic oxidation sites excluding steroid dienone is 3. The number of esters is 2. The zero-order valence-electron chi connectivity index (χ0n) is 17.2. The van der Waals surface area contributed by atoms with E-state index in [-0.39, 0.29) is 35.5 Å². The molecule has 3 aliphatic carbocycles. The minimum atomic E-state index is -1.07. The Morgan fingerprint density at radius 1 is 1.24 bits per heavy atom. The predicted molar refractivity (Wildman–Crippen MR) is 105 cm³/mol. The van der Waals surface area contributed by atoms with E-state index in [4.69, 9.17) is 9.47 Å². The number of cyclic esters (lactones) is 1. The molecule has 5 nitrogen and oxygen atoms in total. The monoisotopic (exact) mass is 396 g/mol. The number of ether oxygens (including phenoxy) is 2. The molecule has 0 amide bonds. The molecule has 2 bridgehead atoms. The summed E-state index contributed by atoms with van der Waals surface area (Å²) >= 11 is 0. The van der Waals surface area contributed by atoms with Crippen LogP contribution < -0.4 is 0 Å². The lowest BCUT2D eigenvalue weighted by Gasteiger charge is -2.42. The largest absolute Gasteiger partial charge is 0.450 e. The highest BCUT2D eigenvalue weighted by atomic mass is 16.6. The third-order valence-electron chi connectivity index (χ3n) is 7.79. The minimum absolute atomic E-state index is 0.0418. The normalized spacial score (nSPS) is 40.6. The first-order valence-electron chi connectivity index (χ1n) is 11.1. The van der Waals surface area contributed by atoms with Gasteiger partial charge in [-0.15, -0.1) is 0 Å². The lowest BCUT2D eigenvalue weighted by molar-refractivity contribution is -0.176. The van der Waals surface area contributed by atoms with E-state index in [0.29, 0.717) is 24.2 Å². The molecule has 5 atom stereocenters. The first kappa shape index (κ1) is 18.8. The van der Waals surface area contributed by atoms with Crippen molar-refractivity contribution in [3.05, 3.63) is 35.1 Å². The summed E-state index contributed by atoms with van der Waals surface area (Å²) in [6.07, 6.45) is 12.0. The molecule has 0 aromatic heterocycles. The summed E-state index contributed by atoms with van der Waals surface area (Å²) in [6, 6.07) is 0. The number of rotatable bonds is 5. The predicted octanol–water partition coefficient (Wildman–Crippen LogP) is 4.18. The fourth-order valence-electron chi connectivity index (χ4n) is 6.84. The topological polar surface area (TPSA) is 69.7 Å². The van der Waals surface area contributed by atoms with E-state index < -0.39 is 11.0 Å². The van der Waals surface area contributed by atoms with E-state index in [1.54, 1.807) is 0 Å². The first-order chi connectivity index (χ1) is 14.0. The van der Waals surface area contributed by atoms with Gasteiger partial charge in [0.25, 0.3) is 0 Å². The van der Waals surface area contributed by atoms with Crippen LogP contribution in [0, 0.1) is 23.2 Å². The average Bonchev–Trinajstić information content (AvgIpc) is 3.28. The zero-order chi connectivity index (χ0) is 20.4. The molecule has 5 aliphatic rings. The van der Waals surface area contributed by atoms with Gasteiger partial charge in [0.05, 0.1) is 0 Å². The summed E-state index contributed by atoms with van der Waals surface area (Å²) in [5.41, 5.74) is -0.373. The molecule has 5 heteroatoms. The number of hydrogen-bond acceptors (Lipinski definition) is 5. The third-order valence-corrected chi connectivity index (χ3v) is 7.79. The fourth-order valence-corrected chi connectivity index (χ4v) is 6.84. The Labute approximate surface area is 171 Å². The quantitative estimate of drug-likeness (QED) is 0.515. The Balaban J connectivity index is 1.70. The average molecular weight is 396 g/mol. The molecular formula is C24H28O5. The molecule has 1 saturated carbocycles. The summed E-state index contributed by atoms with van der Waals surface area (Å²) in [6.45, 7) is 4.07. The summed E-state index contributed by atoms with van der Waals surface area (Å²) < 4.78 is 11.7. The molecule has 5 unspecified atom stereocenters.